The summed E-state index contributed by atoms with van der Waals surface area (Å²) in [6, 6.07) is 51.9. The first-order valence-electron chi connectivity index (χ1n) is 18.3. The van der Waals surface area contributed by atoms with Crippen molar-refractivity contribution in [2.45, 2.75) is 12.0 Å². The fourth-order valence-electron chi connectivity index (χ4n) is 7.96. The van der Waals surface area contributed by atoms with E-state index in [1.54, 1.807) is 4.57 Å². The van der Waals surface area contributed by atoms with Crippen LogP contribution in [0.5, 0.6) is 0 Å². The molecule has 0 unspecified atom stereocenters. The van der Waals surface area contributed by atoms with Crippen LogP contribution < -0.4 is 13.7 Å². The van der Waals surface area contributed by atoms with E-state index in [0.29, 0.717) is 0 Å². The summed E-state index contributed by atoms with van der Waals surface area (Å²) >= 11 is 0. The van der Waals surface area contributed by atoms with Gasteiger partial charge in [-0.05, 0) is 67.8 Å². The summed E-state index contributed by atoms with van der Waals surface area (Å²) in [5, 5.41) is 0. The summed E-state index contributed by atoms with van der Waals surface area (Å²) in [5.74, 6) is 0. The van der Waals surface area contributed by atoms with Crippen molar-refractivity contribution in [3.05, 3.63) is 217 Å². The zero-order chi connectivity index (χ0) is 37.4. The lowest BCUT2D eigenvalue weighted by molar-refractivity contribution is -0.692. The van der Waals surface area contributed by atoms with Gasteiger partial charge < -0.3 is 9.79 Å². The lowest BCUT2D eigenvalue weighted by Crippen LogP contribution is -2.34. The van der Waals surface area contributed by atoms with E-state index in [0.717, 1.165) is 33.6 Å². The third-order valence-electron chi connectivity index (χ3n) is 10.7. The molecule has 0 spiro atoms. The molecule has 4 aromatic carbocycles. The maximum atomic E-state index is 11.3. The average molecular weight is 738 g/mol. The van der Waals surface area contributed by atoms with Crippen LogP contribution in [0.15, 0.2) is 195 Å². The van der Waals surface area contributed by atoms with Crippen molar-refractivity contribution in [1.82, 2.24) is 4.98 Å². The molecule has 0 fully saturated rings. The highest BCUT2D eigenvalue weighted by atomic mass is 31.2. The van der Waals surface area contributed by atoms with Crippen LogP contribution in [0.1, 0.15) is 22.3 Å². The van der Waals surface area contributed by atoms with E-state index in [1.807, 2.05) is 49.1 Å². The Bertz CT molecular complexity index is 2620. The summed E-state index contributed by atoms with van der Waals surface area (Å²) < 4.78 is 17.3. The summed E-state index contributed by atoms with van der Waals surface area (Å²) in [7, 11) is -4.04. The van der Waals surface area contributed by atoms with Crippen molar-refractivity contribution in [1.29, 1.82) is 0 Å². The van der Waals surface area contributed by atoms with Crippen molar-refractivity contribution >= 4 is 7.60 Å². The van der Waals surface area contributed by atoms with Crippen LogP contribution in [-0.2, 0) is 16.5 Å². The first-order valence-corrected chi connectivity index (χ1v) is 20.0. The second-order valence-electron chi connectivity index (χ2n) is 13.9. The van der Waals surface area contributed by atoms with Gasteiger partial charge in [0.1, 0.15) is 6.16 Å². The van der Waals surface area contributed by atoms with Gasteiger partial charge in [0.2, 0.25) is 11.4 Å². The molecule has 7 nitrogen and oxygen atoms in total. The topological polar surface area (TPSA) is 82.1 Å². The van der Waals surface area contributed by atoms with E-state index >= 15 is 0 Å². The molecule has 8 aromatic rings. The molecule has 9 rings (SSSR count). The number of pyridine rings is 4. The minimum Gasteiger partial charge on any atom is -0.324 e. The predicted octanol–water partition coefficient (Wildman–Crippen LogP) is 7.80. The minimum atomic E-state index is -4.04. The average Bonchev–Trinajstić information content (AvgIpc) is 3.54. The lowest BCUT2D eigenvalue weighted by atomic mass is 9.67. The predicted molar refractivity (Wildman–Crippen MR) is 213 cm³/mol. The molecule has 0 saturated carbocycles. The number of rotatable bonds is 9. The van der Waals surface area contributed by atoms with Crippen LogP contribution in [0.4, 0.5) is 0 Å². The van der Waals surface area contributed by atoms with Gasteiger partial charge in [-0.25, -0.2) is 4.57 Å². The molecule has 55 heavy (non-hydrogen) atoms. The molecule has 1 aliphatic rings. The number of fused-ring (bicyclic) bond motifs is 3. The van der Waals surface area contributed by atoms with Gasteiger partial charge in [-0.1, -0.05) is 72.8 Å². The fourth-order valence-corrected chi connectivity index (χ4v) is 8.45. The molecule has 0 aliphatic heterocycles. The van der Waals surface area contributed by atoms with Gasteiger partial charge in [0.15, 0.2) is 43.7 Å². The van der Waals surface area contributed by atoms with Crippen LogP contribution in [0.2, 0.25) is 0 Å². The minimum absolute atomic E-state index is 0.184. The maximum absolute atomic E-state index is 11.3. The van der Waals surface area contributed by atoms with Crippen molar-refractivity contribution in [3.8, 4) is 44.8 Å². The zero-order valence-electron chi connectivity index (χ0n) is 29.9. The monoisotopic (exact) mass is 737 g/mol. The van der Waals surface area contributed by atoms with Gasteiger partial charge in [0.05, 0.1) is 5.41 Å². The molecular formula is C47H38N4O3P+3. The van der Waals surface area contributed by atoms with Crippen molar-refractivity contribution < 1.29 is 28.1 Å². The smallest absolute Gasteiger partial charge is 0.324 e. The van der Waals surface area contributed by atoms with E-state index in [9.17, 15) is 14.4 Å². The van der Waals surface area contributed by atoms with Crippen LogP contribution in [-0.4, -0.2) is 20.9 Å². The summed E-state index contributed by atoms with van der Waals surface area (Å²) in [5.41, 5.74) is 13.5. The Morgan fingerprint density at radius 1 is 0.491 bits per heavy atom. The molecule has 0 radical (unpaired) electrons. The summed E-state index contributed by atoms with van der Waals surface area (Å²) in [6.45, 7) is 0.265. The van der Waals surface area contributed by atoms with Crippen molar-refractivity contribution in [3.63, 3.8) is 0 Å². The first-order chi connectivity index (χ1) is 26.9. The normalized spacial score (nSPS) is 12.9. The molecule has 8 heteroatoms. The number of hydrogen-bond acceptors (Lipinski definition) is 2. The molecule has 0 amide bonds. The quantitative estimate of drug-likeness (QED) is 0.117. The number of hydrogen-bond donors (Lipinski definition) is 2. The molecule has 266 valence electrons. The number of benzene rings is 4. The highest BCUT2D eigenvalue weighted by Crippen LogP contribution is 2.56. The fraction of sp³-hybridized carbons (Fsp3) is 0.0638. The van der Waals surface area contributed by atoms with Gasteiger partial charge >= 0.3 is 7.60 Å². The third kappa shape index (κ3) is 6.49. The van der Waals surface area contributed by atoms with Crippen LogP contribution >= 0.6 is 7.60 Å². The Labute approximate surface area is 319 Å². The van der Waals surface area contributed by atoms with Gasteiger partial charge in [0.25, 0.3) is 0 Å². The van der Waals surface area contributed by atoms with Crippen LogP contribution in [0, 0.1) is 0 Å². The highest BCUT2D eigenvalue weighted by Gasteiger charge is 2.46. The van der Waals surface area contributed by atoms with E-state index in [-0.39, 0.29) is 12.7 Å². The number of aryl methyl sites for hydroxylation is 1. The summed E-state index contributed by atoms with van der Waals surface area (Å²) in [6.07, 6.45) is 15.5. The molecule has 0 saturated heterocycles. The lowest BCUT2D eigenvalue weighted by Gasteiger charge is -2.33. The second-order valence-corrected chi connectivity index (χ2v) is 15.6. The molecule has 0 atom stereocenters. The summed E-state index contributed by atoms with van der Waals surface area (Å²) in [4.78, 5) is 22.6. The van der Waals surface area contributed by atoms with E-state index < -0.39 is 13.0 Å². The first kappa shape index (κ1) is 34.4. The number of aromatic nitrogens is 4. The van der Waals surface area contributed by atoms with Crippen LogP contribution in [0.3, 0.4) is 0 Å². The largest absolute Gasteiger partial charge is 0.331 e. The van der Waals surface area contributed by atoms with Crippen molar-refractivity contribution in [2.75, 3.05) is 6.16 Å². The molecular weight excluding hydrogens is 700 g/mol. The molecule has 1 aliphatic carbocycles. The van der Waals surface area contributed by atoms with Gasteiger partial charge in [-0.2, -0.15) is 9.13 Å². The Hall–Kier alpha value is -6.37. The highest BCUT2D eigenvalue weighted by molar-refractivity contribution is 7.51. The zero-order valence-corrected chi connectivity index (χ0v) is 30.8. The van der Waals surface area contributed by atoms with E-state index in [1.165, 1.54) is 33.4 Å². The standard InChI is InChI=1S/C47H36N4O3P/c52-55(53,54)34-33-49-27-19-36(20-28-49)38-23-31-51(32-24-38)42-15-11-40(12-16-42)47(45-7-3-1-5-43(45)44-6-2-4-8-46(44)47)39-9-13-41(14-10-39)50-29-21-37(22-30-50)35-17-25-48-26-18-35/h1-32H,33-34H2/q+1/p+2. The number of nitrogens with zero attached hydrogens (tertiary/aromatic N) is 4. The van der Waals surface area contributed by atoms with Gasteiger partial charge in [-0.3, -0.25) is 9.55 Å². The van der Waals surface area contributed by atoms with E-state index in [2.05, 4.69) is 160 Å². The van der Waals surface area contributed by atoms with E-state index in [4.69, 9.17) is 0 Å². The second kappa shape index (κ2) is 14.1. The Kier molecular flexibility index (Phi) is 8.83. The van der Waals surface area contributed by atoms with Gasteiger partial charge in [-0.15, -0.1) is 0 Å². The SMILES string of the molecule is O=P(O)(O)CC[n+]1ccc(-c2cc[n+](-c3ccc(C4(c5ccc(-[n+]6ccc(-c7ccncc7)cc6)cc5)c5ccccc5-c5ccccc54)cc3)cc2)cc1. The third-order valence-corrected chi connectivity index (χ3v) is 11.5. The molecule has 2 N–H and O–H groups in total. The Morgan fingerprint density at radius 2 is 0.891 bits per heavy atom. The molecule has 0 bridgehead atoms. The van der Waals surface area contributed by atoms with Crippen molar-refractivity contribution in [2.24, 2.45) is 0 Å². The Balaban J connectivity index is 1.05. The molecule has 4 heterocycles. The van der Waals surface area contributed by atoms with Crippen LogP contribution in [0.25, 0.3) is 44.8 Å². The maximum Gasteiger partial charge on any atom is 0.331 e. The molecule has 4 aromatic heterocycles. The Morgan fingerprint density at radius 3 is 1.33 bits per heavy atom. The van der Waals surface area contributed by atoms with Gasteiger partial charge in [0, 0.05) is 73.1 Å².